The molecule has 0 bridgehead atoms. The Labute approximate surface area is 119 Å². The van der Waals surface area contributed by atoms with Crippen LogP contribution in [-0.4, -0.2) is 28.5 Å². The Hall–Kier alpha value is -1.34. The lowest BCUT2D eigenvalue weighted by Gasteiger charge is -2.02. The molecule has 18 heavy (non-hydrogen) atoms. The summed E-state index contributed by atoms with van der Waals surface area (Å²) in [4.78, 5) is 25.2. The minimum absolute atomic E-state index is 0.400. The molecule has 94 valence electrons. The molecule has 0 aliphatic carbocycles. The number of aliphatic carboxylic acids is 1. The van der Waals surface area contributed by atoms with Crippen LogP contribution in [0.3, 0.4) is 0 Å². The van der Waals surface area contributed by atoms with E-state index in [0.29, 0.717) is 5.56 Å². The molecule has 1 heterocycles. The van der Waals surface area contributed by atoms with Crippen molar-refractivity contribution in [3.05, 3.63) is 32.8 Å². The van der Waals surface area contributed by atoms with Crippen LogP contribution in [0, 0.1) is 0 Å². The maximum Gasteiger partial charge on any atom is 0.322 e. The molecular formula is C11H8Br2N2O3. The molecule has 2 aromatic rings. The van der Waals surface area contributed by atoms with Gasteiger partial charge in [0.15, 0.2) is 0 Å². The zero-order chi connectivity index (χ0) is 13.3. The van der Waals surface area contributed by atoms with E-state index in [1.54, 1.807) is 12.3 Å². The van der Waals surface area contributed by atoms with Crippen LogP contribution in [0.15, 0.2) is 27.3 Å². The Morgan fingerprint density at radius 1 is 1.28 bits per heavy atom. The van der Waals surface area contributed by atoms with E-state index in [4.69, 9.17) is 5.11 Å². The fraction of sp³-hybridized carbons (Fsp3) is 0.0909. The average molecular weight is 376 g/mol. The molecular weight excluding hydrogens is 368 g/mol. The van der Waals surface area contributed by atoms with Gasteiger partial charge in [-0.2, -0.15) is 0 Å². The van der Waals surface area contributed by atoms with Gasteiger partial charge in [-0.15, -0.1) is 0 Å². The number of rotatable bonds is 3. The summed E-state index contributed by atoms with van der Waals surface area (Å²) in [7, 11) is 0. The number of hydrogen-bond donors (Lipinski definition) is 3. The Balaban J connectivity index is 2.37. The van der Waals surface area contributed by atoms with Crippen LogP contribution in [0.4, 0.5) is 0 Å². The number of aromatic amines is 1. The maximum absolute atomic E-state index is 11.8. The summed E-state index contributed by atoms with van der Waals surface area (Å²) in [6.45, 7) is -0.400. The van der Waals surface area contributed by atoms with Crippen molar-refractivity contribution in [3.8, 4) is 0 Å². The number of hydrogen-bond acceptors (Lipinski definition) is 2. The Kier molecular flexibility index (Phi) is 3.72. The van der Waals surface area contributed by atoms with Gasteiger partial charge >= 0.3 is 5.97 Å². The predicted octanol–water partition coefficient (Wildman–Crippen LogP) is 2.51. The van der Waals surface area contributed by atoms with Crippen LogP contribution >= 0.6 is 31.9 Å². The highest BCUT2D eigenvalue weighted by molar-refractivity contribution is 9.13. The summed E-state index contributed by atoms with van der Waals surface area (Å²) in [5, 5.41) is 11.6. The van der Waals surface area contributed by atoms with Gasteiger partial charge in [0.25, 0.3) is 5.91 Å². The first-order chi connectivity index (χ1) is 8.49. The summed E-state index contributed by atoms with van der Waals surface area (Å²) in [5.74, 6) is -1.50. The second-order valence-electron chi connectivity index (χ2n) is 3.59. The van der Waals surface area contributed by atoms with Crippen molar-refractivity contribution >= 4 is 54.6 Å². The van der Waals surface area contributed by atoms with Crippen LogP contribution in [0.25, 0.3) is 10.9 Å². The molecule has 3 N–H and O–H groups in total. The molecule has 0 saturated carbocycles. The molecule has 0 spiro atoms. The summed E-state index contributed by atoms with van der Waals surface area (Å²) in [6, 6.07) is 3.64. The number of H-pyrrole nitrogens is 1. The lowest BCUT2D eigenvalue weighted by Crippen LogP contribution is -2.29. The number of aromatic nitrogens is 1. The van der Waals surface area contributed by atoms with Crippen LogP contribution < -0.4 is 5.32 Å². The topological polar surface area (TPSA) is 82.2 Å². The molecule has 0 radical (unpaired) electrons. The second kappa shape index (κ2) is 5.11. The van der Waals surface area contributed by atoms with Gasteiger partial charge in [0, 0.05) is 26.0 Å². The molecule has 0 unspecified atom stereocenters. The van der Waals surface area contributed by atoms with Gasteiger partial charge in [0.05, 0.1) is 5.56 Å². The van der Waals surface area contributed by atoms with E-state index >= 15 is 0 Å². The first kappa shape index (κ1) is 13.1. The van der Waals surface area contributed by atoms with Crippen molar-refractivity contribution in [3.63, 3.8) is 0 Å². The first-order valence-corrected chi connectivity index (χ1v) is 6.53. The van der Waals surface area contributed by atoms with E-state index in [-0.39, 0.29) is 0 Å². The van der Waals surface area contributed by atoms with Crippen LogP contribution in [0.5, 0.6) is 0 Å². The largest absolute Gasteiger partial charge is 0.480 e. The second-order valence-corrected chi connectivity index (χ2v) is 5.30. The van der Waals surface area contributed by atoms with Crippen LogP contribution in [0.2, 0.25) is 0 Å². The van der Waals surface area contributed by atoms with Gasteiger partial charge in [0.2, 0.25) is 0 Å². The molecule has 0 saturated heterocycles. The number of halogens is 2. The number of nitrogens with one attached hydrogen (secondary N) is 2. The lowest BCUT2D eigenvalue weighted by molar-refractivity contribution is -0.135. The molecule has 7 heteroatoms. The molecule has 2 rings (SSSR count). The number of carboxylic acid groups (broad SMARTS) is 1. The Morgan fingerprint density at radius 3 is 2.61 bits per heavy atom. The highest BCUT2D eigenvalue weighted by Gasteiger charge is 2.14. The highest BCUT2D eigenvalue weighted by Crippen LogP contribution is 2.29. The van der Waals surface area contributed by atoms with E-state index in [1.807, 2.05) is 6.07 Å². The van der Waals surface area contributed by atoms with Crippen molar-refractivity contribution in [2.45, 2.75) is 0 Å². The number of benzene rings is 1. The minimum Gasteiger partial charge on any atom is -0.480 e. The first-order valence-electron chi connectivity index (χ1n) is 4.95. The Morgan fingerprint density at radius 2 is 1.94 bits per heavy atom. The van der Waals surface area contributed by atoms with Crippen LogP contribution in [0.1, 0.15) is 10.4 Å². The van der Waals surface area contributed by atoms with Gasteiger partial charge in [-0.1, -0.05) is 0 Å². The van der Waals surface area contributed by atoms with Gasteiger partial charge in [-0.3, -0.25) is 9.59 Å². The van der Waals surface area contributed by atoms with Crippen molar-refractivity contribution in [1.29, 1.82) is 0 Å². The molecule has 0 atom stereocenters. The predicted molar refractivity (Wildman–Crippen MR) is 73.7 cm³/mol. The number of carbonyl (C=O) groups is 2. The SMILES string of the molecule is O=C(O)CNC(=O)c1c[nH]c2cc(Br)c(Br)cc12. The van der Waals surface area contributed by atoms with Crippen LogP contribution in [-0.2, 0) is 4.79 Å². The highest BCUT2D eigenvalue weighted by atomic mass is 79.9. The van der Waals surface area contributed by atoms with Crippen molar-refractivity contribution < 1.29 is 14.7 Å². The van der Waals surface area contributed by atoms with Crippen molar-refractivity contribution in [2.24, 2.45) is 0 Å². The average Bonchev–Trinajstić information content (AvgIpc) is 2.69. The summed E-state index contributed by atoms with van der Waals surface area (Å²) >= 11 is 6.73. The fourth-order valence-electron chi connectivity index (χ4n) is 1.56. The van der Waals surface area contributed by atoms with Gasteiger partial charge in [-0.25, -0.2) is 0 Å². The molecule has 1 aromatic heterocycles. The van der Waals surface area contributed by atoms with E-state index in [2.05, 4.69) is 42.2 Å². The molecule has 5 nitrogen and oxygen atoms in total. The molecule has 1 aromatic carbocycles. The Bertz CT molecular complexity index is 636. The maximum atomic E-state index is 11.8. The van der Waals surface area contributed by atoms with Crippen molar-refractivity contribution in [2.75, 3.05) is 6.54 Å². The molecule has 1 amide bonds. The number of amides is 1. The quantitative estimate of drug-likeness (QED) is 0.770. The van der Waals surface area contributed by atoms with Crippen molar-refractivity contribution in [1.82, 2.24) is 10.3 Å². The number of carbonyl (C=O) groups excluding carboxylic acids is 1. The van der Waals surface area contributed by atoms with Gasteiger partial charge < -0.3 is 15.4 Å². The van der Waals surface area contributed by atoms with E-state index in [0.717, 1.165) is 19.8 Å². The minimum atomic E-state index is -1.08. The monoisotopic (exact) mass is 374 g/mol. The number of carboxylic acids is 1. The van der Waals surface area contributed by atoms with E-state index in [1.165, 1.54) is 0 Å². The smallest absolute Gasteiger partial charge is 0.322 e. The van der Waals surface area contributed by atoms with E-state index < -0.39 is 18.4 Å². The third kappa shape index (κ3) is 2.56. The summed E-state index contributed by atoms with van der Waals surface area (Å²) in [6.07, 6.45) is 1.56. The van der Waals surface area contributed by atoms with Gasteiger partial charge in [-0.05, 0) is 44.0 Å². The summed E-state index contributed by atoms with van der Waals surface area (Å²) < 4.78 is 1.69. The third-order valence-corrected chi connectivity index (χ3v) is 4.21. The standard InChI is InChI=1S/C11H8Br2N2O3/c12-7-1-5-6(11(18)15-4-10(16)17)3-14-9(5)2-8(7)13/h1-3,14H,4H2,(H,15,18)(H,16,17). The third-order valence-electron chi connectivity index (χ3n) is 2.37. The number of fused-ring (bicyclic) bond motifs is 1. The summed E-state index contributed by atoms with van der Waals surface area (Å²) in [5.41, 5.74) is 1.21. The normalized spacial score (nSPS) is 10.6. The lowest BCUT2D eigenvalue weighted by atomic mass is 10.1. The fourth-order valence-corrected chi connectivity index (χ4v) is 2.24. The molecule has 0 aliphatic rings. The molecule has 0 aliphatic heterocycles. The zero-order valence-electron chi connectivity index (χ0n) is 8.96. The van der Waals surface area contributed by atoms with E-state index in [9.17, 15) is 9.59 Å². The molecule has 0 fully saturated rings. The zero-order valence-corrected chi connectivity index (χ0v) is 12.1. The van der Waals surface area contributed by atoms with Gasteiger partial charge in [0.1, 0.15) is 6.54 Å².